The summed E-state index contributed by atoms with van der Waals surface area (Å²) in [4.78, 5) is 19.9. The summed E-state index contributed by atoms with van der Waals surface area (Å²) >= 11 is 0. The molecule has 2 N–H and O–H groups in total. The van der Waals surface area contributed by atoms with Crippen LogP contribution in [0, 0.1) is 6.92 Å². The highest BCUT2D eigenvalue weighted by Gasteiger charge is 2.09. The van der Waals surface area contributed by atoms with Crippen LogP contribution in [-0.4, -0.2) is 27.6 Å². The van der Waals surface area contributed by atoms with Crippen LogP contribution in [0.5, 0.6) is 0 Å². The number of aromatic nitrogens is 3. The Hall–Kier alpha value is -2.44. The molecule has 0 unspecified atom stereocenters. The molecule has 0 atom stereocenters. The summed E-state index contributed by atoms with van der Waals surface area (Å²) in [6, 6.07) is 3.50. The quantitative estimate of drug-likeness (QED) is 0.838. The maximum absolute atomic E-state index is 11.9. The molecule has 2 aromatic heterocycles. The Bertz CT molecular complexity index is 567. The van der Waals surface area contributed by atoms with E-state index in [2.05, 4.69) is 25.8 Å². The number of anilines is 1. The highest BCUT2D eigenvalue weighted by atomic mass is 16.5. The van der Waals surface area contributed by atoms with Gasteiger partial charge in [0.05, 0.1) is 6.54 Å². The number of hydrogen-bond donors (Lipinski definition) is 2. The Morgan fingerprint density at radius 3 is 3.00 bits per heavy atom. The topological polar surface area (TPSA) is 92.9 Å². The van der Waals surface area contributed by atoms with E-state index in [9.17, 15) is 4.79 Å². The SMILES string of the molecule is CCNc1ccnc(C(=O)NCc2nc(C)no2)c1. The molecule has 0 aliphatic rings. The lowest BCUT2D eigenvalue weighted by Crippen LogP contribution is -2.24. The zero-order valence-electron chi connectivity index (χ0n) is 10.8. The summed E-state index contributed by atoms with van der Waals surface area (Å²) in [6.07, 6.45) is 1.59. The van der Waals surface area contributed by atoms with Gasteiger partial charge in [-0.15, -0.1) is 0 Å². The molecule has 7 heteroatoms. The number of rotatable bonds is 5. The maximum atomic E-state index is 11.9. The van der Waals surface area contributed by atoms with E-state index >= 15 is 0 Å². The van der Waals surface area contributed by atoms with Crippen LogP contribution in [0.4, 0.5) is 5.69 Å². The van der Waals surface area contributed by atoms with Crippen LogP contribution in [0.25, 0.3) is 0 Å². The van der Waals surface area contributed by atoms with Gasteiger partial charge in [0.1, 0.15) is 5.69 Å². The van der Waals surface area contributed by atoms with E-state index in [0.717, 1.165) is 12.2 Å². The summed E-state index contributed by atoms with van der Waals surface area (Å²) < 4.78 is 4.90. The van der Waals surface area contributed by atoms with E-state index in [4.69, 9.17) is 4.52 Å². The lowest BCUT2D eigenvalue weighted by molar-refractivity contribution is 0.0941. The van der Waals surface area contributed by atoms with Crippen LogP contribution in [0.1, 0.15) is 29.1 Å². The highest BCUT2D eigenvalue weighted by Crippen LogP contribution is 2.07. The first kappa shape index (κ1) is 13.0. The van der Waals surface area contributed by atoms with Crippen molar-refractivity contribution in [1.82, 2.24) is 20.4 Å². The molecule has 2 heterocycles. The average Bonchev–Trinajstić information content (AvgIpc) is 2.82. The minimum atomic E-state index is -0.282. The van der Waals surface area contributed by atoms with Gasteiger partial charge in [0.15, 0.2) is 5.82 Å². The molecule has 7 nitrogen and oxygen atoms in total. The first-order valence-corrected chi connectivity index (χ1v) is 5.96. The fraction of sp³-hybridized carbons (Fsp3) is 0.333. The van der Waals surface area contributed by atoms with Crippen molar-refractivity contribution in [3.63, 3.8) is 0 Å². The van der Waals surface area contributed by atoms with Gasteiger partial charge in [0.25, 0.3) is 5.91 Å². The van der Waals surface area contributed by atoms with Crippen molar-refractivity contribution in [2.45, 2.75) is 20.4 Å². The number of carbonyl (C=O) groups is 1. The largest absolute Gasteiger partial charge is 0.385 e. The van der Waals surface area contributed by atoms with Gasteiger partial charge in [-0.1, -0.05) is 5.16 Å². The molecule has 2 aromatic rings. The van der Waals surface area contributed by atoms with Crippen LogP contribution in [0.3, 0.4) is 0 Å². The second-order valence-corrected chi connectivity index (χ2v) is 3.88. The van der Waals surface area contributed by atoms with Crippen LogP contribution in [-0.2, 0) is 6.54 Å². The molecular formula is C12H15N5O2. The van der Waals surface area contributed by atoms with Crippen molar-refractivity contribution in [3.8, 4) is 0 Å². The number of pyridine rings is 1. The van der Waals surface area contributed by atoms with E-state index in [-0.39, 0.29) is 12.5 Å². The van der Waals surface area contributed by atoms with E-state index in [1.165, 1.54) is 0 Å². The summed E-state index contributed by atoms with van der Waals surface area (Å²) in [7, 11) is 0. The molecule has 100 valence electrons. The van der Waals surface area contributed by atoms with Crippen LogP contribution < -0.4 is 10.6 Å². The molecule has 0 aliphatic heterocycles. The number of hydrogen-bond acceptors (Lipinski definition) is 6. The minimum Gasteiger partial charge on any atom is -0.385 e. The molecular weight excluding hydrogens is 246 g/mol. The third-order valence-electron chi connectivity index (χ3n) is 2.34. The van der Waals surface area contributed by atoms with E-state index in [1.807, 2.05) is 13.0 Å². The first-order valence-electron chi connectivity index (χ1n) is 5.96. The van der Waals surface area contributed by atoms with E-state index < -0.39 is 0 Å². The molecule has 0 aliphatic carbocycles. The molecule has 0 spiro atoms. The van der Waals surface area contributed by atoms with Gasteiger partial charge in [0.2, 0.25) is 5.89 Å². The van der Waals surface area contributed by atoms with E-state index in [1.54, 1.807) is 19.2 Å². The second kappa shape index (κ2) is 5.94. The van der Waals surface area contributed by atoms with Gasteiger partial charge in [-0.25, -0.2) is 0 Å². The number of aryl methyl sites for hydroxylation is 1. The van der Waals surface area contributed by atoms with Crippen molar-refractivity contribution in [2.75, 3.05) is 11.9 Å². The Balaban J connectivity index is 1.97. The van der Waals surface area contributed by atoms with Gasteiger partial charge in [-0.05, 0) is 26.0 Å². The highest BCUT2D eigenvalue weighted by molar-refractivity contribution is 5.92. The predicted octanol–water partition coefficient (Wildman–Crippen LogP) is 1.13. The molecule has 19 heavy (non-hydrogen) atoms. The molecule has 0 radical (unpaired) electrons. The monoisotopic (exact) mass is 261 g/mol. The van der Waals surface area contributed by atoms with Crippen molar-refractivity contribution in [1.29, 1.82) is 0 Å². The van der Waals surface area contributed by atoms with Crippen molar-refractivity contribution in [3.05, 3.63) is 35.7 Å². The average molecular weight is 261 g/mol. The Labute approximate surface area is 110 Å². The summed E-state index contributed by atoms with van der Waals surface area (Å²) in [5, 5.41) is 9.43. The zero-order valence-corrected chi connectivity index (χ0v) is 10.8. The lowest BCUT2D eigenvalue weighted by atomic mass is 10.3. The molecule has 0 saturated carbocycles. The molecule has 0 bridgehead atoms. The Morgan fingerprint density at radius 2 is 2.32 bits per heavy atom. The van der Waals surface area contributed by atoms with Gasteiger partial charge >= 0.3 is 0 Å². The molecule has 0 fully saturated rings. The maximum Gasteiger partial charge on any atom is 0.270 e. The number of amides is 1. The van der Waals surface area contributed by atoms with Gasteiger partial charge in [-0.2, -0.15) is 4.98 Å². The third-order valence-corrected chi connectivity index (χ3v) is 2.34. The van der Waals surface area contributed by atoms with Crippen LogP contribution >= 0.6 is 0 Å². The summed E-state index contributed by atoms with van der Waals surface area (Å²) in [6.45, 7) is 4.67. The summed E-state index contributed by atoms with van der Waals surface area (Å²) in [5.41, 5.74) is 1.20. The lowest BCUT2D eigenvalue weighted by Gasteiger charge is -2.05. The number of nitrogens with one attached hydrogen (secondary N) is 2. The molecule has 0 saturated heterocycles. The fourth-order valence-electron chi connectivity index (χ4n) is 1.53. The van der Waals surface area contributed by atoms with Gasteiger partial charge in [-0.3, -0.25) is 9.78 Å². The smallest absolute Gasteiger partial charge is 0.270 e. The van der Waals surface area contributed by atoms with Gasteiger partial charge in [0, 0.05) is 18.4 Å². The zero-order chi connectivity index (χ0) is 13.7. The number of nitrogens with zero attached hydrogens (tertiary/aromatic N) is 3. The van der Waals surface area contributed by atoms with E-state index in [0.29, 0.717) is 17.4 Å². The normalized spacial score (nSPS) is 10.2. The van der Waals surface area contributed by atoms with Crippen LogP contribution in [0.2, 0.25) is 0 Å². The first-order chi connectivity index (χ1) is 9.19. The molecule has 2 rings (SSSR count). The fourth-order valence-corrected chi connectivity index (χ4v) is 1.53. The third kappa shape index (κ3) is 3.51. The van der Waals surface area contributed by atoms with Crippen molar-refractivity contribution < 1.29 is 9.32 Å². The molecule has 1 amide bonds. The minimum absolute atomic E-state index is 0.187. The van der Waals surface area contributed by atoms with Crippen LogP contribution in [0.15, 0.2) is 22.9 Å². The number of carbonyl (C=O) groups excluding carboxylic acids is 1. The van der Waals surface area contributed by atoms with Crippen molar-refractivity contribution in [2.24, 2.45) is 0 Å². The predicted molar refractivity (Wildman–Crippen MR) is 68.6 cm³/mol. The summed E-state index contributed by atoms with van der Waals surface area (Å²) in [5.74, 6) is 0.626. The Kier molecular flexibility index (Phi) is 4.07. The van der Waals surface area contributed by atoms with Gasteiger partial charge < -0.3 is 15.2 Å². The van der Waals surface area contributed by atoms with Crippen molar-refractivity contribution >= 4 is 11.6 Å². The standard InChI is InChI=1S/C12H15N5O2/c1-3-13-9-4-5-14-10(6-9)12(18)15-7-11-16-8(2)17-19-11/h4-6H,3,7H2,1-2H3,(H,13,14)(H,15,18). The second-order valence-electron chi connectivity index (χ2n) is 3.88. The Morgan fingerprint density at radius 1 is 1.47 bits per heavy atom. The molecule has 0 aromatic carbocycles.